The van der Waals surface area contributed by atoms with Crippen LogP contribution in [0.25, 0.3) is 0 Å². The van der Waals surface area contributed by atoms with Crippen LogP contribution in [0.15, 0.2) is 6.20 Å². The third-order valence-corrected chi connectivity index (χ3v) is 1.13. The predicted molar refractivity (Wildman–Crippen MR) is 45.1 cm³/mol. The maximum atomic E-state index is 4.13. The average molecular weight is 159 g/mol. The van der Waals surface area contributed by atoms with Crippen molar-refractivity contribution >= 4 is 12.6 Å². The van der Waals surface area contributed by atoms with Crippen molar-refractivity contribution < 1.29 is 0 Å². The highest BCUT2D eigenvalue weighted by Gasteiger charge is 1.99. The number of nitrogens with one attached hydrogen (secondary N) is 1. The number of thiol groups is 1. The van der Waals surface area contributed by atoms with E-state index in [0.29, 0.717) is 0 Å². The first-order valence-electron chi connectivity index (χ1n) is 3.34. The van der Waals surface area contributed by atoms with Gasteiger partial charge in [0.05, 0.1) is 11.9 Å². The van der Waals surface area contributed by atoms with E-state index in [4.69, 9.17) is 0 Å². The molecule has 10 heavy (non-hydrogen) atoms. The zero-order chi connectivity index (χ0) is 7.98. The molecule has 58 valence electrons. The number of hydrogen-bond acceptors (Lipinski definition) is 3. The van der Waals surface area contributed by atoms with Gasteiger partial charge < -0.3 is 0 Å². The largest absolute Gasteiger partial charge is 0.198 e. The van der Waals surface area contributed by atoms with Crippen molar-refractivity contribution in [3.8, 4) is 0 Å². The Kier molecular flexibility index (Phi) is 5.02. The molecule has 1 aromatic rings. The quantitative estimate of drug-likeness (QED) is 0.614. The zero-order valence-corrected chi connectivity index (χ0v) is 7.39. The van der Waals surface area contributed by atoms with Gasteiger partial charge >= 0.3 is 0 Å². The second-order valence-electron chi connectivity index (χ2n) is 1.57. The lowest BCUT2D eigenvalue weighted by molar-refractivity contribution is 0.904. The SMILES string of the molecule is CC.CC(S)c1cn[nH]n1. The molecule has 0 amide bonds. The van der Waals surface area contributed by atoms with Crippen LogP contribution in [0.2, 0.25) is 0 Å². The van der Waals surface area contributed by atoms with Crippen LogP contribution in [-0.2, 0) is 0 Å². The first kappa shape index (κ1) is 9.49. The molecule has 4 heteroatoms. The van der Waals surface area contributed by atoms with E-state index in [2.05, 4.69) is 28.0 Å². The van der Waals surface area contributed by atoms with Gasteiger partial charge in [-0.1, -0.05) is 13.8 Å². The number of H-pyrrole nitrogens is 1. The topological polar surface area (TPSA) is 41.6 Å². The van der Waals surface area contributed by atoms with E-state index >= 15 is 0 Å². The van der Waals surface area contributed by atoms with E-state index in [-0.39, 0.29) is 5.25 Å². The third-order valence-electron chi connectivity index (χ3n) is 0.862. The molecule has 0 saturated carbocycles. The van der Waals surface area contributed by atoms with Gasteiger partial charge in [-0.2, -0.15) is 28.0 Å². The van der Waals surface area contributed by atoms with Crippen LogP contribution >= 0.6 is 12.6 Å². The van der Waals surface area contributed by atoms with Crippen molar-refractivity contribution in [1.29, 1.82) is 0 Å². The summed E-state index contributed by atoms with van der Waals surface area (Å²) in [6, 6.07) is 0. The van der Waals surface area contributed by atoms with Crippen molar-refractivity contribution in [3.05, 3.63) is 11.9 Å². The van der Waals surface area contributed by atoms with E-state index in [1.54, 1.807) is 6.20 Å². The molecule has 1 unspecified atom stereocenters. The lowest BCUT2D eigenvalue weighted by Crippen LogP contribution is -1.82. The van der Waals surface area contributed by atoms with Gasteiger partial charge in [0, 0.05) is 5.25 Å². The fourth-order valence-electron chi connectivity index (χ4n) is 0.412. The average Bonchev–Trinajstić information content (AvgIpc) is 2.42. The van der Waals surface area contributed by atoms with Gasteiger partial charge in [0.15, 0.2) is 0 Å². The molecule has 1 N–H and O–H groups in total. The Morgan fingerprint density at radius 3 is 2.40 bits per heavy atom. The van der Waals surface area contributed by atoms with Crippen LogP contribution in [0, 0.1) is 0 Å². The Labute approximate surface area is 66.6 Å². The fourth-order valence-corrected chi connectivity index (χ4v) is 0.536. The molecule has 0 spiro atoms. The van der Waals surface area contributed by atoms with Gasteiger partial charge in [-0.25, -0.2) is 0 Å². The molecular weight excluding hydrogens is 146 g/mol. The smallest absolute Gasteiger partial charge is 0.0948 e. The Morgan fingerprint density at radius 2 is 2.20 bits per heavy atom. The number of rotatable bonds is 1. The molecule has 0 saturated heterocycles. The molecule has 0 aliphatic heterocycles. The molecule has 1 rings (SSSR count). The van der Waals surface area contributed by atoms with E-state index < -0.39 is 0 Å². The van der Waals surface area contributed by atoms with Gasteiger partial charge in [0.1, 0.15) is 0 Å². The number of aromatic amines is 1. The Balaban J connectivity index is 0.000000371. The Morgan fingerprint density at radius 1 is 1.60 bits per heavy atom. The van der Waals surface area contributed by atoms with Crippen LogP contribution in [0.3, 0.4) is 0 Å². The molecule has 0 fully saturated rings. The van der Waals surface area contributed by atoms with E-state index in [1.165, 1.54) is 0 Å². The first-order chi connectivity index (χ1) is 4.80. The lowest BCUT2D eigenvalue weighted by Gasteiger charge is -1.91. The van der Waals surface area contributed by atoms with E-state index in [0.717, 1.165) is 5.69 Å². The maximum Gasteiger partial charge on any atom is 0.0948 e. The van der Waals surface area contributed by atoms with Crippen LogP contribution < -0.4 is 0 Å². The monoisotopic (exact) mass is 159 g/mol. The Hall–Kier alpha value is -0.510. The highest BCUT2D eigenvalue weighted by molar-refractivity contribution is 7.80. The van der Waals surface area contributed by atoms with Gasteiger partial charge in [0.2, 0.25) is 0 Å². The van der Waals surface area contributed by atoms with Gasteiger partial charge in [-0.05, 0) is 6.92 Å². The summed E-state index contributed by atoms with van der Waals surface area (Å²) in [6.45, 7) is 5.95. The van der Waals surface area contributed by atoms with Crippen molar-refractivity contribution in [1.82, 2.24) is 15.4 Å². The number of nitrogens with zero attached hydrogens (tertiary/aromatic N) is 2. The third kappa shape index (κ3) is 2.87. The molecule has 1 atom stereocenters. The second kappa shape index (κ2) is 5.29. The minimum atomic E-state index is 0.175. The molecule has 0 aromatic carbocycles. The summed E-state index contributed by atoms with van der Waals surface area (Å²) in [7, 11) is 0. The summed E-state index contributed by atoms with van der Waals surface area (Å²) >= 11 is 4.13. The highest BCUT2D eigenvalue weighted by atomic mass is 32.1. The van der Waals surface area contributed by atoms with Gasteiger partial charge in [0.25, 0.3) is 0 Å². The van der Waals surface area contributed by atoms with Crippen LogP contribution in [0.5, 0.6) is 0 Å². The summed E-state index contributed by atoms with van der Waals surface area (Å²) < 4.78 is 0. The minimum absolute atomic E-state index is 0.175. The molecule has 0 aliphatic rings. The maximum absolute atomic E-state index is 4.13. The van der Waals surface area contributed by atoms with Crippen LogP contribution in [0.4, 0.5) is 0 Å². The first-order valence-corrected chi connectivity index (χ1v) is 3.86. The van der Waals surface area contributed by atoms with Crippen LogP contribution in [-0.4, -0.2) is 15.4 Å². The minimum Gasteiger partial charge on any atom is -0.198 e. The zero-order valence-electron chi connectivity index (χ0n) is 6.50. The number of aromatic nitrogens is 3. The van der Waals surface area contributed by atoms with E-state index in [1.807, 2.05) is 20.8 Å². The molecule has 1 aromatic heterocycles. The van der Waals surface area contributed by atoms with Gasteiger partial charge in [-0.3, -0.25) is 0 Å². The molecular formula is C6H13N3S. The second-order valence-corrected chi connectivity index (χ2v) is 2.35. The molecule has 0 aliphatic carbocycles. The molecule has 1 heterocycles. The van der Waals surface area contributed by atoms with E-state index in [9.17, 15) is 0 Å². The van der Waals surface area contributed by atoms with Crippen molar-refractivity contribution in [3.63, 3.8) is 0 Å². The number of hydrogen-bond donors (Lipinski definition) is 2. The standard InChI is InChI=1S/C4H7N3S.C2H6/c1-3(8)4-2-5-7-6-4;1-2/h2-3,8H,1H3,(H,5,6,7);1-2H3. The Bertz CT molecular complexity index is 148. The van der Waals surface area contributed by atoms with Gasteiger partial charge in [-0.15, -0.1) is 0 Å². The summed E-state index contributed by atoms with van der Waals surface area (Å²) in [4.78, 5) is 0. The summed E-state index contributed by atoms with van der Waals surface area (Å²) in [5.41, 5.74) is 0.883. The lowest BCUT2D eigenvalue weighted by atomic mass is 10.4. The molecule has 0 radical (unpaired) electrons. The van der Waals surface area contributed by atoms with Crippen molar-refractivity contribution in [2.75, 3.05) is 0 Å². The van der Waals surface area contributed by atoms with Crippen molar-refractivity contribution in [2.24, 2.45) is 0 Å². The summed E-state index contributed by atoms with van der Waals surface area (Å²) in [6.07, 6.45) is 1.66. The normalized spacial score (nSPS) is 11.6. The molecule has 3 nitrogen and oxygen atoms in total. The van der Waals surface area contributed by atoms with Crippen LogP contribution in [0.1, 0.15) is 31.7 Å². The fraction of sp³-hybridized carbons (Fsp3) is 0.667. The summed E-state index contributed by atoms with van der Waals surface area (Å²) in [5, 5.41) is 10.1. The molecule has 0 bridgehead atoms. The van der Waals surface area contributed by atoms with Crippen molar-refractivity contribution in [2.45, 2.75) is 26.0 Å². The highest BCUT2D eigenvalue weighted by Crippen LogP contribution is 2.12. The summed E-state index contributed by atoms with van der Waals surface area (Å²) in [5.74, 6) is 0. The predicted octanol–water partition coefficient (Wildman–Crippen LogP) is 1.82.